The Morgan fingerprint density at radius 3 is 2.73 bits per heavy atom. The van der Waals surface area contributed by atoms with E-state index in [-0.39, 0.29) is 16.9 Å². The molecule has 0 saturated carbocycles. The molecule has 2 aromatic rings. The molecule has 132 valence electrons. The Balaban J connectivity index is 1.60. The van der Waals surface area contributed by atoms with Gasteiger partial charge in [-0.2, -0.15) is 0 Å². The molecule has 0 aromatic heterocycles. The first-order chi connectivity index (χ1) is 12.5. The number of rotatable bonds is 2. The number of benzene rings is 2. The van der Waals surface area contributed by atoms with E-state index in [2.05, 4.69) is 16.1 Å². The molecule has 1 unspecified atom stereocenters. The topological polar surface area (TPSA) is 76.6 Å². The monoisotopic (exact) mass is 384 g/mol. The number of anilines is 2. The van der Waals surface area contributed by atoms with Crippen LogP contribution in [0.25, 0.3) is 0 Å². The first-order valence-electron chi connectivity index (χ1n) is 7.93. The van der Waals surface area contributed by atoms with Gasteiger partial charge in [0.1, 0.15) is 0 Å². The summed E-state index contributed by atoms with van der Waals surface area (Å²) < 4.78 is 0. The zero-order valence-corrected chi connectivity index (χ0v) is 15.4. The summed E-state index contributed by atoms with van der Waals surface area (Å²) in [6, 6.07) is 15.2. The Hall–Kier alpha value is -2.71. The predicted molar refractivity (Wildman–Crippen MR) is 107 cm³/mol. The van der Waals surface area contributed by atoms with Crippen LogP contribution >= 0.6 is 24.0 Å². The molecule has 1 atom stereocenters. The summed E-state index contributed by atoms with van der Waals surface area (Å²) in [5, 5.41) is 19.5. The van der Waals surface area contributed by atoms with Gasteiger partial charge < -0.3 is 15.7 Å². The first-order valence-corrected chi connectivity index (χ1v) is 9.22. The zero-order valence-electron chi connectivity index (χ0n) is 13.8. The second-order valence-corrected chi connectivity index (χ2v) is 7.48. The lowest BCUT2D eigenvalue weighted by atomic mass is 10.1. The number of hydrogen-bond acceptors (Lipinski definition) is 5. The molecule has 2 aliphatic rings. The summed E-state index contributed by atoms with van der Waals surface area (Å²) in [7, 11) is 0. The van der Waals surface area contributed by atoms with Crippen LogP contribution in [0.2, 0.25) is 0 Å². The van der Waals surface area contributed by atoms with Crippen LogP contribution in [-0.4, -0.2) is 21.1 Å². The Morgan fingerprint density at radius 1 is 1.23 bits per heavy atom. The van der Waals surface area contributed by atoms with Gasteiger partial charge in [-0.25, -0.2) is 5.01 Å². The normalized spacial score (nSPS) is 20.6. The van der Waals surface area contributed by atoms with E-state index in [4.69, 9.17) is 12.2 Å². The van der Waals surface area contributed by atoms with E-state index >= 15 is 0 Å². The highest BCUT2D eigenvalue weighted by molar-refractivity contribution is 8.04. The number of aliphatic hydroxyl groups is 1. The minimum Gasteiger partial charge on any atom is -0.493 e. The van der Waals surface area contributed by atoms with Crippen LogP contribution < -0.4 is 16.1 Å². The smallest absolute Gasteiger partial charge is 0.267 e. The quantitative estimate of drug-likeness (QED) is 0.591. The van der Waals surface area contributed by atoms with Gasteiger partial charge in [0.15, 0.2) is 5.11 Å². The number of thioether (sulfide) groups is 1. The number of amides is 1. The molecule has 6 nitrogen and oxygen atoms in total. The second-order valence-electron chi connectivity index (χ2n) is 6.00. The number of thiocarbonyl (C=S) groups is 1. The van der Waals surface area contributed by atoms with Crippen molar-refractivity contribution in [1.29, 1.82) is 0 Å². The number of carbonyl (C=O) groups excluding carboxylic acids is 1. The molecule has 0 bridgehead atoms. The highest BCUT2D eigenvalue weighted by Gasteiger charge is 2.56. The van der Waals surface area contributed by atoms with Crippen LogP contribution in [0.5, 0.6) is 0 Å². The van der Waals surface area contributed by atoms with Gasteiger partial charge in [-0.15, -0.1) is 0 Å². The molecule has 0 saturated heterocycles. The number of nitrogens with one attached hydrogen (secondary N) is 3. The van der Waals surface area contributed by atoms with E-state index in [0.717, 1.165) is 22.5 Å². The summed E-state index contributed by atoms with van der Waals surface area (Å²) in [5.74, 6) is -0.315. The van der Waals surface area contributed by atoms with Crippen molar-refractivity contribution in [2.24, 2.45) is 0 Å². The molecule has 0 fully saturated rings. The van der Waals surface area contributed by atoms with Crippen LogP contribution in [0.1, 0.15) is 11.1 Å². The van der Waals surface area contributed by atoms with Crippen molar-refractivity contribution in [3.8, 4) is 0 Å². The average Bonchev–Trinajstić information content (AvgIpc) is 3.10. The fraction of sp³-hybridized carbons (Fsp3) is 0.111. The lowest BCUT2D eigenvalue weighted by molar-refractivity contribution is -0.123. The summed E-state index contributed by atoms with van der Waals surface area (Å²) in [6.07, 6.45) is 0. The van der Waals surface area contributed by atoms with Gasteiger partial charge in [0.05, 0.1) is 0 Å². The fourth-order valence-corrected chi connectivity index (χ4v) is 4.29. The lowest BCUT2D eigenvalue weighted by Crippen LogP contribution is -2.54. The summed E-state index contributed by atoms with van der Waals surface area (Å²) in [5.41, 5.74) is 6.39. The number of hydrogen-bond donors (Lipinski definition) is 4. The van der Waals surface area contributed by atoms with Crippen molar-refractivity contribution in [2.75, 3.05) is 10.6 Å². The summed E-state index contributed by atoms with van der Waals surface area (Å²) in [6.45, 7) is 2.00. The third-order valence-electron chi connectivity index (χ3n) is 4.25. The van der Waals surface area contributed by atoms with Crippen LogP contribution in [0.4, 0.5) is 11.4 Å². The molecule has 2 heterocycles. The first kappa shape index (κ1) is 16.7. The third kappa shape index (κ3) is 2.58. The van der Waals surface area contributed by atoms with Gasteiger partial charge in [0, 0.05) is 22.3 Å². The maximum atomic E-state index is 12.8. The van der Waals surface area contributed by atoms with Gasteiger partial charge in [-0.3, -0.25) is 10.2 Å². The fourth-order valence-electron chi connectivity index (χ4n) is 2.99. The van der Waals surface area contributed by atoms with E-state index in [0.29, 0.717) is 0 Å². The molecule has 26 heavy (non-hydrogen) atoms. The van der Waals surface area contributed by atoms with Gasteiger partial charge in [0.25, 0.3) is 5.91 Å². The highest BCUT2D eigenvalue weighted by atomic mass is 32.2. The highest BCUT2D eigenvalue weighted by Crippen LogP contribution is 2.52. The molecule has 0 radical (unpaired) electrons. The number of fused-ring (bicyclic) bond motifs is 2. The van der Waals surface area contributed by atoms with E-state index in [1.807, 2.05) is 55.5 Å². The third-order valence-corrected chi connectivity index (χ3v) is 5.70. The van der Waals surface area contributed by atoms with Crippen LogP contribution in [-0.2, 0) is 9.67 Å². The molecule has 1 spiro atoms. The Labute approximate surface area is 160 Å². The van der Waals surface area contributed by atoms with Crippen molar-refractivity contribution in [3.63, 3.8) is 0 Å². The maximum absolute atomic E-state index is 12.8. The van der Waals surface area contributed by atoms with Crippen LogP contribution in [0.15, 0.2) is 59.8 Å². The zero-order chi connectivity index (χ0) is 18.3. The second kappa shape index (κ2) is 6.22. The number of para-hydroxylation sites is 1. The van der Waals surface area contributed by atoms with Crippen LogP contribution in [0.3, 0.4) is 0 Å². The van der Waals surface area contributed by atoms with Crippen molar-refractivity contribution < 1.29 is 9.90 Å². The molecular weight excluding hydrogens is 368 g/mol. The van der Waals surface area contributed by atoms with Crippen molar-refractivity contribution in [1.82, 2.24) is 10.4 Å². The largest absolute Gasteiger partial charge is 0.493 e. The molecule has 4 N–H and O–H groups in total. The van der Waals surface area contributed by atoms with Crippen LogP contribution in [0, 0.1) is 6.92 Å². The average molecular weight is 384 g/mol. The number of hydrazine groups is 1. The number of nitrogens with zero attached hydrogens (tertiary/aromatic N) is 1. The SMILES string of the molecule is Cc1ccc(NC(=S)NN2C(O)=CSC23C(=O)Nc2ccccc23)cc1. The molecule has 2 aliphatic heterocycles. The number of carbonyl (C=O) groups is 1. The predicted octanol–water partition coefficient (Wildman–Crippen LogP) is 3.41. The minimum atomic E-state index is -1.14. The molecule has 2 aromatic carbocycles. The maximum Gasteiger partial charge on any atom is 0.267 e. The van der Waals surface area contributed by atoms with Gasteiger partial charge >= 0.3 is 0 Å². The minimum absolute atomic E-state index is 0.0742. The number of aryl methyl sites for hydroxylation is 1. The van der Waals surface area contributed by atoms with Crippen molar-refractivity contribution in [3.05, 3.63) is 70.9 Å². The van der Waals surface area contributed by atoms with E-state index in [9.17, 15) is 9.90 Å². The van der Waals surface area contributed by atoms with E-state index < -0.39 is 4.87 Å². The Morgan fingerprint density at radius 2 is 1.96 bits per heavy atom. The van der Waals surface area contributed by atoms with Crippen molar-refractivity contribution >= 4 is 46.4 Å². The summed E-state index contributed by atoms with van der Waals surface area (Å²) >= 11 is 6.59. The molecule has 4 rings (SSSR count). The van der Waals surface area contributed by atoms with Gasteiger partial charge in [0.2, 0.25) is 10.8 Å². The van der Waals surface area contributed by atoms with E-state index in [1.165, 1.54) is 22.2 Å². The Bertz CT molecular complexity index is 929. The molecule has 0 aliphatic carbocycles. The molecule has 8 heteroatoms. The summed E-state index contributed by atoms with van der Waals surface area (Å²) in [4.78, 5) is 11.6. The molecular formula is C18H16N4O2S2. The Kier molecular flexibility index (Phi) is 4.01. The van der Waals surface area contributed by atoms with Gasteiger partial charge in [-0.1, -0.05) is 47.7 Å². The lowest BCUT2D eigenvalue weighted by Gasteiger charge is -2.34. The van der Waals surface area contributed by atoms with E-state index in [1.54, 1.807) is 0 Å². The number of aliphatic hydroxyl groups excluding tert-OH is 1. The molecule has 1 amide bonds. The standard InChI is InChI=1S/C18H16N4O2S2/c1-11-6-8-12(9-7-11)19-17(25)21-22-15(23)10-26-18(22)13-4-2-3-5-14(13)20-16(18)24/h2-10,23H,1H3,(H,20,24)(H2,19,21,25). The van der Waals surface area contributed by atoms with Gasteiger partial charge in [-0.05, 0) is 37.3 Å². The van der Waals surface area contributed by atoms with Crippen molar-refractivity contribution in [2.45, 2.75) is 11.8 Å².